The van der Waals surface area contributed by atoms with Crippen molar-refractivity contribution in [1.82, 2.24) is 10.6 Å². The molecule has 1 aromatic rings. The zero-order chi connectivity index (χ0) is 14.2. The third kappa shape index (κ3) is 2.33. The molecule has 0 aromatic heterocycles. The van der Waals surface area contributed by atoms with E-state index in [1.807, 2.05) is 0 Å². The van der Waals surface area contributed by atoms with E-state index in [1.165, 1.54) is 6.07 Å². The molecule has 1 fully saturated rings. The van der Waals surface area contributed by atoms with Crippen molar-refractivity contribution in [3.8, 4) is 17.2 Å². The smallest absolute Gasteiger partial charge is 0.263 e. The van der Waals surface area contributed by atoms with Gasteiger partial charge in [-0.25, -0.2) is 0 Å². The fourth-order valence-electron chi connectivity index (χ4n) is 1.46. The number of thiocarbonyl (C=S) groups is 1. The van der Waals surface area contributed by atoms with Crippen LogP contribution in [0.25, 0.3) is 6.08 Å². The molecule has 0 bridgehead atoms. The Morgan fingerprint density at radius 2 is 1.58 bits per heavy atom. The van der Waals surface area contributed by atoms with Crippen molar-refractivity contribution in [1.29, 1.82) is 0 Å². The molecule has 1 aromatic carbocycles. The lowest BCUT2D eigenvalue weighted by atomic mass is 10.1. The van der Waals surface area contributed by atoms with E-state index in [0.29, 0.717) is 0 Å². The van der Waals surface area contributed by atoms with Crippen molar-refractivity contribution in [3.63, 3.8) is 0 Å². The second kappa shape index (κ2) is 4.58. The Morgan fingerprint density at radius 1 is 1.00 bits per heavy atom. The van der Waals surface area contributed by atoms with Gasteiger partial charge in [0.2, 0.25) is 5.75 Å². The maximum absolute atomic E-state index is 11.6. The van der Waals surface area contributed by atoms with E-state index in [-0.39, 0.29) is 16.2 Å². The minimum absolute atomic E-state index is 0.00317. The summed E-state index contributed by atoms with van der Waals surface area (Å²) in [7, 11) is 0. The standard InChI is InChI=1S/C11H8N2O5S/c14-6-2-1-4(7(15)8(6)16)3-5-9(17)12-11(19)13-10(5)18/h1-3,14-16H,(H2,12,13,17,18,19). The molecule has 2 amide bonds. The molecular weight excluding hydrogens is 272 g/mol. The van der Waals surface area contributed by atoms with Gasteiger partial charge in [-0.2, -0.15) is 0 Å². The molecule has 1 heterocycles. The van der Waals surface area contributed by atoms with E-state index in [0.717, 1.165) is 12.1 Å². The molecule has 2 rings (SSSR count). The molecule has 98 valence electrons. The Kier molecular flexibility index (Phi) is 3.09. The Hall–Kier alpha value is -2.61. The van der Waals surface area contributed by atoms with Crippen molar-refractivity contribution < 1.29 is 24.9 Å². The Morgan fingerprint density at radius 3 is 2.16 bits per heavy atom. The summed E-state index contributed by atoms with van der Waals surface area (Å²) in [5.41, 5.74) is -0.280. The highest BCUT2D eigenvalue weighted by molar-refractivity contribution is 7.80. The molecular formula is C11H8N2O5S. The van der Waals surface area contributed by atoms with Gasteiger partial charge in [0.25, 0.3) is 11.8 Å². The SMILES string of the molecule is O=C1NC(=S)NC(=O)C1=Cc1ccc(O)c(O)c1O. The van der Waals surface area contributed by atoms with Gasteiger partial charge in [-0.3, -0.25) is 20.2 Å². The predicted molar refractivity (Wildman–Crippen MR) is 68.3 cm³/mol. The van der Waals surface area contributed by atoms with Crippen molar-refractivity contribution in [2.75, 3.05) is 0 Å². The van der Waals surface area contributed by atoms with Crippen molar-refractivity contribution in [2.45, 2.75) is 0 Å². The number of rotatable bonds is 1. The van der Waals surface area contributed by atoms with Crippen molar-refractivity contribution >= 4 is 35.2 Å². The van der Waals surface area contributed by atoms with Crippen molar-refractivity contribution in [2.24, 2.45) is 0 Å². The molecule has 5 N–H and O–H groups in total. The van der Waals surface area contributed by atoms with Gasteiger partial charge in [-0.1, -0.05) is 0 Å². The number of amides is 2. The molecule has 1 aliphatic heterocycles. The van der Waals surface area contributed by atoms with Gasteiger partial charge in [0, 0.05) is 5.56 Å². The molecule has 0 saturated carbocycles. The van der Waals surface area contributed by atoms with Gasteiger partial charge in [-0.05, 0) is 30.4 Å². The number of aromatic hydroxyl groups is 3. The highest BCUT2D eigenvalue weighted by Gasteiger charge is 2.26. The van der Waals surface area contributed by atoms with Gasteiger partial charge in [-0.15, -0.1) is 0 Å². The average molecular weight is 280 g/mol. The lowest BCUT2D eigenvalue weighted by molar-refractivity contribution is -0.123. The van der Waals surface area contributed by atoms with E-state index < -0.39 is 29.1 Å². The minimum Gasteiger partial charge on any atom is -0.504 e. The second-order valence-corrected chi connectivity index (χ2v) is 4.07. The molecule has 1 aliphatic rings. The van der Waals surface area contributed by atoms with Crippen LogP contribution >= 0.6 is 12.2 Å². The summed E-state index contributed by atoms with van der Waals surface area (Å²) < 4.78 is 0. The van der Waals surface area contributed by atoms with Crippen LogP contribution in [-0.2, 0) is 9.59 Å². The lowest BCUT2D eigenvalue weighted by Gasteiger charge is -2.16. The topological polar surface area (TPSA) is 119 Å². The Balaban J connectivity index is 2.46. The van der Waals surface area contributed by atoms with Crippen LogP contribution in [0, 0.1) is 0 Å². The molecule has 0 aliphatic carbocycles. The first kappa shape index (κ1) is 12.8. The van der Waals surface area contributed by atoms with Gasteiger partial charge in [0.15, 0.2) is 16.6 Å². The van der Waals surface area contributed by atoms with Crippen LogP contribution < -0.4 is 10.6 Å². The largest absolute Gasteiger partial charge is 0.504 e. The summed E-state index contributed by atoms with van der Waals surface area (Å²) in [6.45, 7) is 0. The Labute approximate surface area is 112 Å². The lowest BCUT2D eigenvalue weighted by Crippen LogP contribution is -2.51. The molecule has 1 saturated heterocycles. The highest BCUT2D eigenvalue weighted by Crippen LogP contribution is 2.37. The molecule has 0 unspecified atom stereocenters. The minimum atomic E-state index is -0.735. The quantitative estimate of drug-likeness (QED) is 0.209. The molecule has 8 heteroatoms. The third-order valence-electron chi connectivity index (χ3n) is 2.40. The van der Waals surface area contributed by atoms with E-state index in [4.69, 9.17) is 5.11 Å². The number of hydrogen-bond donors (Lipinski definition) is 5. The maximum Gasteiger partial charge on any atom is 0.263 e. The fraction of sp³-hybridized carbons (Fsp3) is 0. The number of nitrogens with one attached hydrogen (secondary N) is 2. The zero-order valence-electron chi connectivity index (χ0n) is 9.30. The van der Waals surface area contributed by atoms with Crippen LogP contribution in [0.2, 0.25) is 0 Å². The monoisotopic (exact) mass is 280 g/mol. The zero-order valence-corrected chi connectivity index (χ0v) is 10.1. The van der Waals surface area contributed by atoms with E-state index in [9.17, 15) is 19.8 Å². The number of carbonyl (C=O) groups excluding carboxylic acids is 2. The van der Waals surface area contributed by atoms with Crippen LogP contribution in [0.4, 0.5) is 0 Å². The first-order valence-corrected chi connectivity index (χ1v) is 5.43. The number of carbonyl (C=O) groups is 2. The fourth-order valence-corrected chi connectivity index (χ4v) is 1.65. The van der Waals surface area contributed by atoms with E-state index in [2.05, 4.69) is 22.9 Å². The Bertz CT molecular complexity index is 616. The molecule has 19 heavy (non-hydrogen) atoms. The van der Waals surface area contributed by atoms with Gasteiger partial charge in [0.05, 0.1) is 0 Å². The first-order chi connectivity index (χ1) is 8.90. The third-order valence-corrected chi connectivity index (χ3v) is 2.61. The van der Waals surface area contributed by atoms with Crippen molar-refractivity contribution in [3.05, 3.63) is 23.3 Å². The van der Waals surface area contributed by atoms with Gasteiger partial charge >= 0.3 is 0 Å². The van der Waals surface area contributed by atoms with Crippen LogP contribution in [0.1, 0.15) is 5.56 Å². The first-order valence-electron chi connectivity index (χ1n) is 5.02. The molecule has 0 radical (unpaired) electrons. The predicted octanol–water partition coefficient (Wildman–Crippen LogP) is -0.282. The van der Waals surface area contributed by atoms with Crippen LogP contribution in [-0.4, -0.2) is 32.2 Å². The number of phenols is 3. The summed E-state index contributed by atoms with van der Waals surface area (Å²) in [6, 6.07) is 2.36. The van der Waals surface area contributed by atoms with Crippen LogP contribution in [0.3, 0.4) is 0 Å². The number of phenolic OH excluding ortho intramolecular Hbond substituents is 3. The number of hydrogen-bond acceptors (Lipinski definition) is 6. The number of benzene rings is 1. The van der Waals surface area contributed by atoms with Crippen LogP contribution in [0.5, 0.6) is 17.2 Å². The van der Waals surface area contributed by atoms with Gasteiger partial charge in [0.1, 0.15) is 5.57 Å². The summed E-state index contributed by atoms with van der Waals surface area (Å²) in [4.78, 5) is 23.1. The summed E-state index contributed by atoms with van der Waals surface area (Å²) in [6.07, 6.45) is 1.07. The van der Waals surface area contributed by atoms with E-state index >= 15 is 0 Å². The molecule has 0 atom stereocenters. The van der Waals surface area contributed by atoms with Gasteiger partial charge < -0.3 is 15.3 Å². The summed E-state index contributed by atoms with van der Waals surface area (Å²) in [5.74, 6) is -3.33. The molecule has 0 spiro atoms. The average Bonchev–Trinajstić information content (AvgIpc) is 2.33. The highest BCUT2D eigenvalue weighted by atomic mass is 32.1. The maximum atomic E-state index is 11.6. The summed E-state index contributed by atoms with van der Waals surface area (Å²) >= 11 is 4.63. The van der Waals surface area contributed by atoms with Crippen LogP contribution in [0.15, 0.2) is 17.7 Å². The summed E-state index contributed by atoms with van der Waals surface area (Å²) in [5, 5.41) is 32.4. The molecule has 7 nitrogen and oxygen atoms in total. The normalized spacial score (nSPS) is 14.9. The van der Waals surface area contributed by atoms with E-state index in [1.54, 1.807) is 0 Å². The second-order valence-electron chi connectivity index (χ2n) is 3.67.